The summed E-state index contributed by atoms with van der Waals surface area (Å²) in [6, 6.07) is 10.8. The third kappa shape index (κ3) is 1.94. The van der Waals surface area contributed by atoms with Gasteiger partial charge in [-0.05, 0) is 18.2 Å². The Labute approximate surface area is 130 Å². The van der Waals surface area contributed by atoms with Crippen molar-refractivity contribution in [3.63, 3.8) is 0 Å². The zero-order valence-corrected chi connectivity index (χ0v) is 12.3. The molecule has 0 aliphatic rings. The molecule has 7 nitrogen and oxygen atoms in total. The number of aromatic nitrogens is 4. The van der Waals surface area contributed by atoms with Crippen molar-refractivity contribution in [3.8, 4) is 17.1 Å². The van der Waals surface area contributed by atoms with Crippen LogP contribution in [0.15, 0.2) is 41.2 Å². The van der Waals surface area contributed by atoms with Gasteiger partial charge in [0, 0.05) is 5.56 Å². The van der Waals surface area contributed by atoms with Crippen LogP contribution in [-0.2, 0) is 0 Å². The number of rotatable bonds is 2. The van der Waals surface area contributed by atoms with Crippen molar-refractivity contribution < 1.29 is 4.74 Å². The third-order valence-corrected chi connectivity index (χ3v) is 3.75. The van der Waals surface area contributed by atoms with Gasteiger partial charge in [-0.15, -0.1) is 0 Å². The Kier molecular flexibility index (Phi) is 2.80. The minimum Gasteiger partial charge on any atom is -0.479 e. The van der Waals surface area contributed by atoms with Gasteiger partial charge in [-0.2, -0.15) is 0 Å². The second-order valence-electron chi connectivity index (χ2n) is 5.10. The van der Waals surface area contributed by atoms with Crippen LogP contribution < -0.4 is 16.0 Å². The van der Waals surface area contributed by atoms with E-state index in [-0.39, 0.29) is 5.56 Å². The van der Waals surface area contributed by atoms with Gasteiger partial charge < -0.3 is 10.5 Å². The average molecular weight is 307 g/mol. The molecule has 0 aliphatic carbocycles. The molecule has 0 saturated carbocycles. The van der Waals surface area contributed by atoms with E-state index in [1.54, 1.807) is 18.2 Å². The maximum Gasteiger partial charge on any atom is 0.271 e. The summed E-state index contributed by atoms with van der Waals surface area (Å²) in [5.74, 6) is 0.373. The molecule has 4 aromatic rings. The van der Waals surface area contributed by atoms with Gasteiger partial charge in [0.2, 0.25) is 5.88 Å². The van der Waals surface area contributed by atoms with Gasteiger partial charge >= 0.3 is 0 Å². The third-order valence-electron chi connectivity index (χ3n) is 3.75. The van der Waals surface area contributed by atoms with E-state index in [1.165, 1.54) is 7.11 Å². The lowest BCUT2D eigenvalue weighted by Crippen LogP contribution is -1.99. The number of methoxy groups -OCH3 is 1. The number of nitrogens with zero attached hydrogens (tertiary/aromatic N) is 2. The number of benzene rings is 2. The molecule has 23 heavy (non-hydrogen) atoms. The van der Waals surface area contributed by atoms with Crippen LogP contribution in [0.5, 0.6) is 5.88 Å². The van der Waals surface area contributed by atoms with Gasteiger partial charge in [-0.3, -0.25) is 15.0 Å². The van der Waals surface area contributed by atoms with E-state index in [1.807, 2.05) is 18.2 Å². The van der Waals surface area contributed by atoms with Crippen molar-refractivity contribution >= 4 is 27.6 Å². The summed E-state index contributed by atoms with van der Waals surface area (Å²) in [4.78, 5) is 20.9. The Balaban J connectivity index is 2.11. The van der Waals surface area contributed by atoms with E-state index in [0.717, 1.165) is 5.56 Å². The Bertz CT molecular complexity index is 1100. The second kappa shape index (κ2) is 4.84. The first-order chi connectivity index (χ1) is 11.2. The van der Waals surface area contributed by atoms with Gasteiger partial charge in [0.15, 0.2) is 0 Å². The predicted molar refractivity (Wildman–Crippen MR) is 88.4 cm³/mol. The average Bonchev–Trinajstić information content (AvgIpc) is 2.96. The fourth-order valence-corrected chi connectivity index (χ4v) is 2.66. The molecule has 0 amide bonds. The first kappa shape index (κ1) is 13.3. The molecule has 4 N–H and O–H groups in total. The van der Waals surface area contributed by atoms with E-state index in [9.17, 15) is 4.79 Å². The number of ether oxygens (including phenoxy) is 1. The molecule has 0 bridgehead atoms. The fraction of sp³-hybridized carbons (Fsp3) is 0.0625. The summed E-state index contributed by atoms with van der Waals surface area (Å²) in [5.41, 5.74) is 9.50. The van der Waals surface area contributed by atoms with Gasteiger partial charge in [0.25, 0.3) is 5.56 Å². The quantitative estimate of drug-likeness (QED) is 0.491. The van der Waals surface area contributed by atoms with E-state index < -0.39 is 0 Å². The molecule has 114 valence electrons. The zero-order valence-electron chi connectivity index (χ0n) is 12.3. The van der Waals surface area contributed by atoms with Crippen LogP contribution in [0.3, 0.4) is 0 Å². The number of nitrogen functional groups attached to an aromatic ring is 1. The maximum atomic E-state index is 11.8. The lowest BCUT2D eigenvalue weighted by molar-refractivity contribution is 0.400. The lowest BCUT2D eigenvalue weighted by atomic mass is 10.1. The van der Waals surface area contributed by atoms with Gasteiger partial charge in [-0.25, -0.2) is 9.97 Å². The number of nitrogens with two attached hydrogens (primary N) is 1. The molecule has 7 heteroatoms. The Morgan fingerprint density at radius 2 is 1.91 bits per heavy atom. The molecule has 0 radical (unpaired) electrons. The molecule has 0 saturated heterocycles. The fourth-order valence-electron chi connectivity index (χ4n) is 2.66. The van der Waals surface area contributed by atoms with Gasteiger partial charge in [-0.1, -0.05) is 18.2 Å². The van der Waals surface area contributed by atoms with Crippen LogP contribution >= 0.6 is 0 Å². The van der Waals surface area contributed by atoms with E-state index >= 15 is 0 Å². The summed E-state index contributed by atoms with van der Waals surface area (Å²) in [6.07, 6.45) is 0. The highest BCUT2D eigenvalue weighted by atomic mass is 16.5. The lowest BCUT2D eigenvalue weighted by Gasteiger charge is -2.10. The number of hydrogen-bond acceptors (Lipinski definition) is 5. The molecule has 2 aromatic carbocycles. The number of aromatic amines is 2. The minimum atomic E-state index is -0.186. The summed E-state index contributed by atoms with van der Waals surface area (Å²) in [5, 5.41) is 6.00. The second-order valence-corrected chi connectivity index (χ2v) is 5.10. The number of anilines is 1. The summed E-state index contributed by atoms with van der Waals surface area (Å²) < 4.78 is 5.39. The van der Waals surface area contributed by atoms with Crippen molar-refractivity contribution in [1.82, 2.24) is 20.2 Å². The molecule has 0 atom stereocenters. The molecule has 0 fully saturated rings. The van der Waals surface area contributed by atoms with Crippen molar-refractivity contribution in [2.45, 2.75) is 0 Å². The van der Waals surface area contributed by atoms with Crippen molar-refractivity contribution in [2.75, 3.05) is 12.8 Å². The van der Waals surface area contributed by atoms with Crippen LogP contribution in [0.25, 0.3) is 33.2 Å². The van der Waals surface area contributed by atoms with E-state index in [2.05, 4.69) is 20.2 Å². The van der Waals surface area contributed by atoms with Crippen LogP contribution in [0.1, 0.15) is 0 Å². The van der Waals surface area contributed by atoms with Crippen LogP contribution in [0.2, 0.25) is 0 Å². The molecule has 4 rings (SSSR count). The van der Waals surface area contributed by atoms with Crippen LogP contribution in [0.4, 0.5) is 5.69 Å². The monoisotopic (exact) mass is 307 g/mol. The van der Waals surface area contributed by atoms with Crippen LogP contribution in [0, 0.1) is 0 Å². The normalized spacial score (nSPS) is 11.2. The highest BCUT2D eigenvalue weighted by molar-refractivity contribution is 5.96. The summed E-state index contributed by atoms with van der Waals surface area (Å²) in [7, 11) is 1.53. The molecule has 0 spiro atoms. The molecule has 2 heterocycles. The van der Waals surface area contributed by atoms with Gasteiger partial charge in [0.1, 0.15) is 11.2 Å². The maximum absolute atomic E-state index is 11.8. The topological polar surface area (TPSA) is 110 Å². The number of para-hydroxylation sites is 2. The number of nitrogens with one attached hydrogen (secondary N) is 2. The Hall–Kier alpha value is -3.35. The molecular formula is C16H13N5O2. The molecule has 0 unspecified atom stereocenters. The smallest absolute Gasteiger partial charge is 0.271 e. The van der Waals surface area contributed by atoms with Crippen molar-refractivity contribution in [1.29, 1.82) is 0 Å². The van der Waals surface area contributed by atoms with Crippen LogP contribution in [-0.4, -0.2) is 27.3 Å². The summed E-state index contributed by atoms with van der Waals surface area (Å²) in [6.45, 7) is 0. The summed E-state index contributed by atoms with van der Waals surface area (Å²) >= 11 is 0. The van der Waals surface area contributed by atoms with E-state index in [4.69, 9.17) is 10.5 Å². The first-order valence-electron chi connectivity index (χ1n) is 6.99. The highest BCUT2D eigenvalue weighted by Crippen LogP contribution is 2.33. The molecule has 2 aromatic heterocycles. The number of H-pyrrole nitrogens is 2. The largest absolute Gasteiger partial charge is 0.479 e. The van der Waals surface area contributed by atoms with Crippen molar-refractivity contribution in [2.24, 2.45) is 0 Å². The highest BCUT2D eigenvalue weighted by Gasteiger charge is 2.16. The Morgan fingerprint density at radius 3 is 2.74 bits per heavy atom. The number of hydrogen-bond donors (Lipinski definition) is 3. The van der Waals surface area contributed by atoms with Crippen molar-refractivity contribution in [3.05, 3.63) is 46.8 Å². The van der Waals surface area contributed by atoms with Gasteiger partial charge in [0.05, 0.1) is 29.2 Å². The van der Waals surface area contributed by atoms with E-state index in [0.29, 0.717) is 39.2 Å². The first-order valence-corrected chi connectivity index (χ1v) is 6.99. The molecule has 0 aliphatic heterocycles. The minimum absolute atomic E-state index is 0.186. The standard InChI is InChI=1S/C16H13N5O2/c1-23-16-13(19-14-10(17)6-3-7-11(14)18-16)8-4-2-5-9-12(8)20-21-15(9)22/h2-7H,17H2,1H3,(H2,20,21,22). The molecular weight excluding hydrogens is 294 g/mol. The SMILES string of the molecule is COc1nc2cccc(N)c2nc1-c1cccc2c(=O)[nH][nH]c12. The number of fused-ring (bicyclic) bond motifs is 2. The zero-order chi connectivity index (χ0) is 16.0. The predicted octanol–water partition coefficient (Wildman–Crippen LogP) is 2.06. The Morgan fingerprint density at radius 1 is 1.09 bits per heavy atom.